The van der Waals surface area contributed by atoms with Gasteiger partial charge in [0.2, 0.25) is 11.8 Å². The monoisotopic (exact) mass is 536 g/mol. The number of amides is 4. The summed E-state index contributed by atoms with van der Waals surface area (Å²) in [6, 6.07) is -2.47. The van der Waals surface area contributed by atoms with Crippen molar-refractivity contribution in [3.8, 4) is 0 Å². The maximum atomic E-state index is 14.0. The maximum absolute atomic E-state index is 14.0. The molecule has 10 heteroatoms. The lowest BCUT2D eigenvalue weighted by molar-refractivity contribution is -0.144. The number of nitrogens with one attached hydrogen (secondary N) is 3. The van der Waals surface area contributed by atoms with Gasteiger partial charge in [-0.3, -0.25) is 14.4 Å². The van der Waals surface area contributed by atoms with E-state index in [4.69, 9.17) is 0 Å². The number of carbonyl (C=O) groups is 4. The SMILES string of the molecule is CCC[C@H](NC(=O)[C@@H]1[C@H]2CCC[C@H]2CN1C(=O)[C@@H](NC(=O)O)C(C)(C)CC(C)(C)C)C(O)C(=O)NC1CC1. The molecule has 0 aromatic rings. The molecule has 0 spiro atoms. The average Bonchev–Trinajstić information content (AvgIpc) is 3.35. The van der Waals surface area contributed by atoms with Gasteiger partial charge in [-0.2, -0.15) is 0 Å². The predicted molar refractivity (Wildman–Crippen MR) is 143 cm³/mol. The van der Waals surface area contributed by atoms with Crippen LogP contribution in [0.25, 0.3) is 0 Å². The van der Waals surface area contributed by atoms with E-state index in [9.17, 15) is 29.4 Å². The van der Waals surface area contributed by atoms with Crippen LogP contribution in [0, 0.1) is 22.7 Å². The van der Waals surface area contributed by atoms with E-state index in [1.807, 2.05) is 41.5 Å². The minimum Gasteiger partial charge on any atom is -0.465 e. The number of fused-ring (bicyclic) bond motifs is 1. The molecule has 216 valence electrons. The zero-order valence-corrected chi connectivity index (χ0v) is 23.9. The van der Waals surface area contributed by atoms with Crippen molar-refractivity contribution in [1.29, 1.82) is 0 Å². The second-order valence-electron chi connectivity index (χ2n) is 13.5. The number of carboxylic acid groups (broad SMARTS) is 1. The zero-order chi connectivity index (χ0) is 28.4. The largest absolute Gasteiger partial charge is 0.465 e. The first kappa shape index (κ1) is 30.2. The van der Waals surface area contributed by atoms with Gasteiger partial charge in [0.25, 0.3) is 5.91 Å². The average molecular weight is 537 g/mol. The third-order valence-corrected chi connectivity index (χ3v) is 8.23. The lowest BCUT2D eigenvalue weighted by Gasteiger charge is -2.41. The summed E-state index contributed by atoms with van der Waals surface area (Å²) in [7, 11) is 0. The number of hydrogen-bond acceptors (Lipinski definition) is 5. The summed E-state index contributed by atoms with van der Waals surface area (Å²) in [5.41, 5.74) is -0.848. The highest BCUT2D eigenvalue weighted by Gasteiger charge is 2.53. The Balaban J connectivity index is 1.84. The summed E-state index contributed by atoms with van der Waals surface area (Å²) in [5, 5.41) is 28.5. The Morgan fingerprint density at radius 2 is 1.66 bits per heavy atom. The second kappa shape index (κ2) is 11.8. The first-order valence-corrected chi connectivity index (χ1v) is 14.2. The highest BCUT2D eigenvalue weighted by Crippen LogP contribution is 2.44. The molecule has 6 atom stereocenters. The van der Waals surface area contributed by atoms with Crippen molar-refractivity contribution in [2.45, 2.75) is 123 Å². The molecule has 0 radical (unpaired) electrons. The topological polar surface area (TPSA) is 148 Å². The van der Waals surface area contributed by atoms with Gasteiger partial charge in [-0.15, -0.1) is 0 Å². The molecule has 3 aliphatic rings. The molecule has 38 heavy (non-hydrogen) atoms. The summed E-state index contributed by atoms with van der Waals surface area (Å²) < 4.78 is 0. The Labute approximate surface area is 226 Å². The molecule has 4 amide bonds. The summed E-state index contributed by atoms with van der Waals surface area (Å²) >= 11 is 0. The van der Waals surface area contributed by atoms with Gasteiger partial charge in [0.15, 0.2) is 6.10 Å². The van der Waals surface area contributed by atoms with Crippen LogP contribution in [0.5, 0.6) is 0 Å². The summed E-state index contributed by atoms with van der Waals surface area (Å²) in [6.45, 7) is 12.2. The molecule has 0 bridgehead atoms. The number of aliphatic hydroxyl groups excluding tert-OH is 1. The molecular weight excluding hydrogens is 488 g/mol. The second-order valence-corrected chi connectivity index (χ2v) is 13.5. The number of rotatable bonds is 11. The smallest absolute Gasteiger partial charge is 0.405 e. The molecule has 1 saturated heterocycles. The predicted octanol–water partition coefficient (Wildman–Crippen LogP) is 2.64. The fourth-order valence-electron chi connectivity index (χ4n) is 6.80. The standard InChI is InChI=1S/C28H48N4O6/c1-7-9-19(21(33)24(35)29-17-12-13-17)30-23(34)20-18-11-8-10-16(18)14-32(20)25(36)22(31-26(37)38)28(5,6)15-27(2,3)4/h16-22,31,33H,7-15H2,1-6H3,(H,29,35)(H,30,34)(H,37,38)/t16-,18-,19-,20-,21?,22+/m0/s1. The van der Waals surface area contributed by atoms with Crippen LogP contribution in [-0.2, 0) is 14.4 Å². The van der Waals surface area contributed by atoms with E-state index in [0.717, 1.165) is 32.1 Å². The summed E-state index contributed by atoms with van der Waals surface area (Å²) in [4.78, 5) is 53.7. The number of carbonyl (C=O) groups excluding carboxylic acids is 3. The summed E-state index contributed by atoms with van der Waals surface area (Å²) in [6.07, 6.45) is 3.47. The van der Waals surface area contributed by atoms with Gasteiger partial charge in [-0.1, -0.05) is 54.4 Å². The highest BCUT2D eigenvalue weighted by atomic mass is 16.4. The molecule has 0 aromatic carbocycles. The van der Waals surface area contributed by atoms with Crippen molar-refractivity contribution in [2.75, 3.05) is 6.54 Å². The van der Waals surface area contributed by atoms with Crippen LogP contribution in [0.4, 0.5) is 4.79 Å². The van der Waals surface area contributed by atoms with Gasteiger partial charge in [-0.25, -0.2) is 4.79 Å². The quantitative estimate of drug-likeness (QED) is 0.274. The van der Waals surface area contributed by atoms with Gasteiger partial charge in [-0.05, 0) is 61.2 Å². The molecule has 2 saturated carbocycles. The van der Waals surface area contributed by atoms with E-state index in [-0.39, 0.29) is 29.2 Å². The maximum Gasteiger partial charge on any atom is 0.405 e. The normalized spacial score (nSPS) is 25.8. The third-order valence-electron chi connectivity index (χ3n) is 8.23. The van der Waals surface area contributed by atoms with E-state index in [2.05, 4.69) is 16.0 Å². The molecule has 2 aliphatic carbocycles. The van der Waals surface area contributed by atoms with Gasteiger partial charge in [0.1, 0.15) is 12.1 Å². The fourth-order valence-corrected chi connectivity index (χ4v) is 6.80. The molecule has 3 fully saturated rings. The molecule has 1 unspecified atom stereocenters. The lowest BCUT2D eigenvalue weighted by atomic mass is 9.71. The van der Waals surface area contributed by atoms with Crippen LogP contribution >= 0.6 is 0 Å². The minimum atomic E-state index is -1.38. The number of likely N-dealkylation sites (tertiary alicyclic amines) is 1. The van der Waals surface area contributed by atoms with Crippen LogP contribution < -0.4 is 16.0 Å². The fraction of sp³-hybridized carbons (Fsp3) is 0.857. The first-order chi connectivity index (χ1) is 17.6. The van der Waals surface area contributed by atoms with Crippen molar-refractivity contribution >= 4 is 23.8 Å². The van der Waals surface area contributed by atoms with E-state index in [1.165, 1.54) is 0 Å². The Bertz CT molecular complexity index is 896. The van der Waals surface area contributed by atoms with Crippen molar-refractivity contribution in [2.24, 2.45) is 22.7 Å². The van der Waals surface area contributed by atoms with E-state index in [0.29, 0.717) is 25.8 Å². The molecule has 10 nitrogen and oxygen atoms in total. The molecule has 3 rings (SSSR count). The van der Waals surface area contributed by atoms with Gasteiger partial charge < -0.3 is 31.1 Å². The van der Waals surface area contributed by atoms with Crippen molar-refractivity contribution in [1.82, 2.24) is 20.9 Å². The Kier molecular flexibility index (Phi) is 9.37. The van der Waals surface area contributed by atoms with Crippen LogP contribution in [0.3, 0.4) is 0 Å². The molecular formula is C28H48N4O6. The first-order valence-electron chi connectivity index (χ1n) is 14.2. The molecule has 0 aromatic heterocycles. The van der Waals surface area contributed by atoms with Crippen LogP contribution in [0.2, 0.25) is 0 Å². The molecule has 5 N–H and O–H groups in total. The van der Waals surface area contributed by atoms with Crippen LogP contribution in [-0.4, -0.2) is 75.7 Å². The Hall–Kier alpha value is -2.36. The number of hydrogen-bond donors (Lipinski definition) is 5. The van der Waals surface area contributed by atoms with E-state index in [1.54, 1.807) is 4.90 Å². The number of aliphatic hydroxyl groups is 1. The van der Waals surface area contributed by atoms with Gasteiger partial charge >= 0.3 is 6.09 Å². The molecule has 1 aliphatic heterocycles. The zero-order valence-electron chi connectivity index (χ0n) is 23.9. The minimum absolute atomic E-state index is 0.0325. The highest BCUT2D eigenvalue weighted by molar-refractivity contribution is 5.93. The van der Waals surface area contributed by atoms with Crippen molar-refractivity contribution < 1.29 is 29.4 Å². The van der Waals surface area contributed by atoms with Crippen molar-refractivity contribution in [3.63, 3.8) is 0 Å². The van der Waals surface area contributed by atoms with Crippen LogP contribution in [0.15, 0.2) is 0 Å². The van der Waals surface area contributed by atoms with E-state index >= 15 is 0 Å². The van der Waals surface area contributed by atoms with Crippen molar-refractivity contribution in [3.05, 3.63) is 0 Å². The molecule has 1 heterocycles. The van der Waals surface area contributed by atoms with Gasteiger partial charge in [0, 0.05) is 12.6 Å². The van der Waals surface area contributed by atoms with Crippen LogP contribution in [0.1, 0.15) is 92.9 Å². The Morgan fingerprint density at radius 1 is 1.00 bits per heavy atom. The van der Waals surface area contributed by atoms with E-state index < -0.39 is 47.6 Å². The number of nitrogens with zero attached hydrogens (tertiary/aromatic N) is 1. The summed E-state index contributed by atoms with van der Waals surface area (Å²) in [5.74, 6) is -1.13. The third kappa shape index (κ3) is 7.39. The lowest BCUT2D eigenvalue weighted by Crippen LogP contribution is -2.61. The Morgan fingerprint density at radius 3 is 2.21 bits per heavy atom. The van der Waals surface area contributed by atoms with Gasteiger partial charge in [0.05, 0.1) is 6.04 Å².